The Morgan fingerprint density at radius 1 is 1.11 bits per heavy atom. The molecule has 19 heavy (non-hydrogen) atoms. The highest BCUT2D eigenvalue weighted by Gasteiger charge is 2.11. The first-order valence-corrected chi connectivity index (χ1v) is 6.83. The number of nitrogens with one attached hydrogen (secondary N) is 1. The molecule has 104 valence electrons. The molecule has 2 rings (SSSR count). The van der Waals surface area contributed by atoms with Gasteiger partial charge in [0.15, 0.2) is 0 Å². The molecule has 0 aliphatic heterocycles. The second-order valence-corrected chi connectivity index (χ2v) is 4.25. The predicted octanol–water partition coefficient (Wildman–Crippen LogP) is 3.18. The van der Waals surface area contributed by atoms with Crippen LogP contribution in [-0.2, 0) is 0 Å². The van der Waals surface area contributed by atoms with Crippen molar-refractivity contribution < 1.29 is 5.11 Å². The van der Waals surface area contributed by atoms with Crippen LogP contribution in [-0.4, -0.2) is 28.2 Å². The smallest absolute Gasteiger partial charge is 0.148 e. The zero-order valence-electron chi connectivity index (χ0n) is 12.1. The van der Waals surface area contributed by atoms with Crippen molar-refractivity contribution in [1.82, 2.24) is 9.97 Å². The molecule has 0 atom stereocenters. The van der Waals surface area contributed by atoms with Crippen molar-refractivity contribution in [3.8, 4) is 0 Å². The molecule has 0 amide bonds. The highest BCUT2D eigenvalue weighted by atomic mass is 16.3. The van der Waals surface area contributed by atoms with E-state index in [4.69, 9.17) is 5.11 Å². The normalized spacial score (nSPS) is 10.2. The molecular weight excluding hydrogens is 238 g/mol. The molecule has 1 aromatic heterocycles. The third-order valence-electron chi connectivity index (χ3n) is 2.55. The number of aliphatic hydroxyl groups is 1. The minimum absolute atomic E-state index is 0.0893. The Labute approximate surface area is 114 Å². The first-order chi connectivity index (χ1) is 9.22. The molecule has 0 aliphatic carbocycles. The highest BCUT2D eigenvalue weighted by Crippen LogP contribution is 2.23. The van der Waals surface area contributed by atoms with Gasteiger partial charge < -0.3 is 10.4 Å². The van der Waals surface area contributed by atoms with E-state index in [1.165, 1.54) is 0 Å². The van der Waals surface area contributed by atoms with E-state index in [0.717, 1.165) is 22.5 Å². The Hall–Kier alpha value is -1.68. The predicted molar refractivity (Wildman–Crippen MR) is 80.6 cm³/mol. The number of hydrogen-bond acceptors (Lipinski definition) is 4. The number of fused-ring (bicyclic) bond motifs is 1. The van der Waals surface area contributed by atoms with Crippen LogP contribution in [0.1, 0.15) is 39.3 Å². The van der Waals surface area contributed by atoms with Crippen molar-refractivity contribution in [1.29, 1.82) is 0 Å². The maximum Gasteiger partial charge on any atom is 0.148 e. The van der Waals surface area contributed by atoms with E-state index in [-0.39, 0.29) is 6.61 Å². The SMILES string of the molecule is CC.CC(C)c1nc2ccccc2nc1NCCO. The number of aromatic nitrogens is 2. The average Bonchev–Trinajstić information content (AvgIpc) is 2.46. The standard InChI is InChI=1S/C13H17N3O.C2H6/c1-9(2)12-13(14-7-8-17)16-11-6-4-3-5-10(11)15-12;1-2/h3-6,9,17H,7-8H2,1-2H3,(H,14,16);1-2H3. The molecule has 1 aromatic carbocycles. The molecule has 0 bridgehead atoms. The molecule has 0 fully saturated rings. The lowest BCUT2D eigenvalue weighted by Crippen LogP contribution is -2.11. The fourth-order valence-corrected chi connectivity index (χ4v) is 1.72. The summed E-state index contributed by atoms with van der Waals surface area (Å²) in [5, 5.41) is 12.0. The fourth-order valence-electron chi connectivity index (χ4n) is 1.72. The second-order valence-electron chi connectivity index (χ2n) is 4.25. The van der Waals surface area contributed by atoms with Crippen LogP contribution >= 0.6 is 0 Å². The summed E-state index contributed by atoms with van der Waals surface area (Å²) in [5.41, 5.74) is 2.72. The van der Waals surface area contributed by atoms with Crippen molar-refractivity contribution in [3.63, 3.8) is 0 Å². The Bertz CT molecular complexity index is 512. The van der Waals surface area contributed by atoms with Crippen molar-refractivity contribution in [2.45, 2.75) is 33.6 Å². The lowest BCUT2D eigenvalue weighted by Gasteiger charge is -2.13. The number of nitrogens with zero attached hydrogens (tertiary/aromatic N) is 2. The van der Waals surface area contributed by atoms with E-state index in [2.05, 4.69) is 29.1 Å². The first kappa shape index (κ1) is 15.4. The van der Waals surface area contributed by atoms with Crippen LogP contribution in [0.2, 0.25) is 0 Å². The van der Waals surface area contributed by atoms with E-state index in [9.17, 15) is 0 Å². The maximum absolute atomic E-state index is 8.86. The Morgan fingerprint density at radius 3 is 2.21 bits per heavy atom. The molecule has 0 unspecified atom stereocenters. The summed E-state index contributed by atoms with van der Waals surface area (Å²) in [6.45, 7) is 8.75. The van der Waals surface area contributed by atoms with Gasteiger partial charge in [0.25, 0.3) is 0 Å². The number of hydrogen-bond donors (Lipinski definition) is 2. The Morgan fingerprint density at radius 2 is 1.68 bits per heavy atom. The average molecular weight is 261 g/mol. The quantitative estimate of drug-likeness (QED) is 0.887. The summed E-state index contributed by atoms with van der Waals surface area (Å²) in [7, 11) is 0. The van der Waals surface area contributed by atoms with Crippen molar-refractivity contribution in [3.05, 3.63) is 30.0 Å². The molecule has 0 radical (unpaired) electrons. The van der Waals surface area contributed by atoms with Gasteiger partial charge in [0.05, 0.1) is 23.3 Å². The summed E-state index contributed by atoms with van der Waals surface area (Å²) in [5.74, 6) is 1.07. The lowest BCUT2D eigenvalue weighted by atomic mass is 10.1. The Kier molecular flexibility index (Phi) is 6.22. The summed E-state index contributed by atoms with van der Waals surface area (Å²) in [4.78, 5) is 9.17. The molecule has 4 nitrogen and oxygen atoms in total. The first-order valence-electron chi connectivity index (χ1n) is 6.83. The molecule has 0 saturated heterocycles. The van der Waals surface area contributed by atoms with Gasteiger partial charge in [-0.05, 0) is 18.1 Å². The number of aliphatic hydroxyl groups excluding tert-OH is 1. The molecule has 4 heteroatoms. The number of benzene rings is 1. The van der Waals surface area contributed by atoms with Crippen LogP contribution in [0.3, 0.4) is 0 Å². The second kappa shape index (κ2) is 7.69. The third kappa shape index (κ3) is 3.89. The van der Waals surface area contributed by atoms with Crippen LogP contribution in [0, 0.1) is 0 Å². The van der Waals surface area contributed by atoms with Crippen LogP contribution in [0.5, 0.6) is 0 Å². The maximum atomic E-state index is 8.86. The van der Waals surface area contributed by atoms with Gasteiger partial charge in [-0.25, -0.2) is 9.97 Å². The number of anilines is 1. The Balaban J connectivity index is 0.000000861. The van der Waals surface area contributed by atoms with Crippen LogP contribution in [0.25, 0.3) is 11.0 Å². The van der Waals surface area contributed by atoms with Crippen molar-refractivity contribution >= 4 is 16.9 Å². The minimum Gasteiger partial charge on any atom is -0.395 e. The fraction of sp³-hybridized carbons (Fsp3) is 0.467. The molecule has 0 aliphatic rings. The van der Waals surface area contributed by atoms with E-state index in [0.29, 0.717) is 12.5 Å². The molecule has 1 heterocycles. The topological polar surface area (TPSA) is 58.0 Å². The molecule has 0 spiro atoms. The van der Waals surface area contributed by atoms with E-state index < -0.39 is 0 Å². The van der Waals surface area contributed by atoms with Crippen LogP contribution in [0.15, 0.2) is 24.3 Å². The summed E-state index contributed by atoms with van der Waals surface area (Å²) < 4.78 is 0. The van der Waals surface area contributed by atoms with Gasteiger partial charge in [-0.2, -0.15) is 0 Å². The van der Waals surface area contributed by atoms with Gasteiger partial charge in [-0.3, -0.25) is 0 Å². The van der Waals surface area contributed by atoms with Crippen LogP contribution in [0.4, 0.5) is 5.82 Å². The van der Waals surface area contributed by atoms with Gasteiger partial charge in [0.1, 0.15) is 5.82 Å². The summed E-state index contributed by atoms with van der Waals surface area (Å²) >= 11 is 0. The zero-order valence-corrected chi connectivity index (χ0v) is 12.1. The van der Waals surface area contributed by atoms with Gasteiger partial charge in [-0.1, -0.05) is 39.8 Å². The van der Waals surface area contributed by atoms with Gasteiger partial charge in [0.2, 0.25) is 0 Å². The molecular formula is C15H23N3O. The highest BCUT2D eigenvalue weighted by molar-refractivity contribution is 5.76. The van der Waals surface area contributed by atoms with Gasteiger partial charge in [0, 0.05) is 6.54 Å². The third-order valence-corrected chi connectivity index (χ3v) is 2.55. The van der Waals surface area contributed by atoms with Crippen molar-refractivity contribution in [2.75, 3.05) is 18.5 Å². The number of para-hydroxylation sites is 2. The van der Waals surface area contributed by atoms with Gasteiger partial charge >= 0.3 is 0 Å². The van der Waals surface area contributed by atoms with E-state index in [1.54, 1.807) is 0 Å². The van der Waals surface area contributed by atoms with Gasteiger partial charge in [-0.15, -0.1) is 0 Å². The molecule has 2 N–H and O–H groups in total. The molecule has 0 saturated carbocycles. The van der Waals surface area contributed by atoms with E-state index in [1.807, 2.05) is 38.1 Å². The monoisotopic (exact) mass is 261 g/mol. The lowest BCUT2D eigenvalue weighted by molar-refractivity contribution is 0.311. The summed E-state index contributed by atoms with van der Waals surface area (Å²) in [6.07, 6.45) is 0. The molecule has 2 aromatic rings. The van der Waals surface area contributed by atoms with Crippen LogP contribution < -0.4 is 5.32 Å². The van der Waals surface area contributed by atoms with Crippen molar-refractivity contribution in [2.24, 2.45) is 0 Å². The zero-order chi connectivity index (χ0) is 14.3. The summed E-state index contributed by atoms with van der Waals surface area (Å²) in [6, 6.07) is 7.81. The van der Waals surface area contributed by atoms with E-state index >= 15 is 0 Å². The number of rotatable bonds is 4. The minimum atomic E-state index is 0.0893. The largest absolute Gasteiger partial charge is 0.395 e.